The van der Waals surface area contributed by atoms with Gasteiger partial charge in [-0.2, -0.15) is 0 Å². The van der Waals surface area contributed by atoms with Gasteiger partial charge in [-0.05, 0) is 35.8 Å². The number of rotatable bonds is 3. The summed E-state index contributed by atoms with van der Waals surface area (Å²) >= 11 is 6.56. The molecule has 0 saturated carbocycles. The molecule has 0 aliphatic carbocycles. The van der Waals surface area contributed by atoms with E-state index in [2.05, 4.69) is 38.1 Å². The second-order valence-corrected chi connectivity index (χ2v) is 5.64. The molecule has 2 heteroatoms. The number of benzene rings is 1. The SMILES string of the molecule is CC(C)c1ccc(C(Cl)C2CCOCC2)cc1. The van der Waals surface area contributed by atoms with Gasteiger partial charge in [-0.25, -0.2) is 0 Å². The van der Waals surface area contributed by atoms with Gasteiger partial charge in [0.15, 0.2) is 0 Å². The Labute approximate surface area is 109 Å². The van der Waals surface area contributed by atoms with E-state index in [1.54, 1.807) is 0 Å². The van der Waals surface area contributed by atoms with Crippen LogP contribution in [0.5, 0.6) is 0 Å². The molecule has 1 aromatic carbocycles. The summed E-state index contributed by atoms with van der Waals surface area (Å²) in [7, 11) is 0. The van der Waals surface area contributed by atoms with Gasteiger partial charge in [-0.3, -0.25) is 0 Å². The summed E-state index contributed by atoms with van der Waals surface area (Å²) in [6.45, 7) is 6.15. The van der Waals surface area contributed by atoms with Crippen LogP contribution in [0.4, 0.5) is 0 Å². The highest BCUT2D eigenvalue weighted by atomic mass is 35.5. The first kappa shape index (κ1) is 12.9. The van der Waals surface area contributed by atoms with Gasteiger partial charge in [0.2, 0.25) is 0 Å². The zero-order chi connectivity index (χ0) is 12.3. The van der Waals surface area contributed by atoms with Crippen LogP contribution in [0.15, 0.2) is 24.3 Å². The Morgan fingerprint density at radius 1 is 1.06 bits per heavy atom. The van der Waals surface area contributed by atoms with Gasteiger partial charge in [-0.1, -0.05) is 38.1 Å². The smallest absolute Gasteiger partial charge is 0.0615 e. The van der Waals surface area contributed by atoms with E-state index in [1.807, 2.05) is 0 Å². The molecule has 1 saturated heterocycles. The Balaban J connectivity index is 2.05. The van der Waals surface area contributed by atoms with Crippen molar-refractivity contribution in [3.8, 4) is 0 Å². The van der Waals surface area contributed by atoms with Gasteiger partial charge in [-0.15, -0.1) is 11.6 Å². The summed E-state index contributed by atoms with van der Waals surface area (Å²) in [6, 6.07) is 8.77. The molecule has 17 heavy (non-hydrogen) atoms. The fourth-order valence-electron chi connectivity index (χ4n) is 2.35. The van der Waals surface area contributed by atoms with E-state index in [4.69, 9.17) is 16.3 Å². The van der Waals surface area contributed by atoms with Crippen molar-refractivity contribution in [3.63, 3.8) is 0 Å². The van der Waals surface area contributed by atoms with Crippen molar-refractivity contribution in [2.75, 3.05) is 13.2 Å². The summed E-state index contributed by atoms with van der Waals surface area (Å²) in [5.41, 5.74) is 2.63. The Bertz CT molecular complexity index is 338. The van der Waals surface area contributed by atoms with Gasteiger partial charge in [0.05, 0.1) is 5.38 Å². The molecule has 0 radical (unpaired) electrons. The summed E-state index contributed by atoms with van der Waals surface area (Å²) in [6.07, 6.45) is 2.17. The molecule has 94 valence electrons. The first-order valence-corrected chi connectivity index (χ1v) is 6.94. The van der Waals surface area contributed by atoms with Crippen molar-refractivity contribution < 1.29 is 4.74 Å². The van der Waals surface area contributed by atoms with Crippen LogP contribution in [0.25, 0.3) is 0 Å². The molecule has 1 heterocycles. The Morgan fingerprint density at radius 3 is 2.12 bits per heavy atom. The Kier molecular flexibility index (Phi) is 4.47. The van der Waals surface area contributed by atoms with Crippen molar-refractivity contribution in [1.29, 1.82) is 0 Å². The molecule has 0 aromatic heterocycles. The monoisotopic (exact) mass is 252 g/mol. The topological polar surface area (TPSA) is 9.23 Å². The molecule has 1 aliphatic rings. The lowest BCUT2D eigenvalue weighted by molar-refractivity contribution is 0.0651. The largest absolute Gasteiger partial charge is 0.381 e. The molecule has 0 amide bonds. The molecule has 1 fully saturated rings. The highest BCUT2D eigenvalue weighted by Crippen LogP contribution is 2.35. The number of ether oxygens (including phenoxy) is 1. The predicted octanol–water partition coefficient (Wildman–Crippen LogP) is 4.52. The van der Waals surface area contributed by atoms with E-state index in [1.165, 1.54) is 11.1 Å². The quantitative estimate of drug-likeness (QED) is 0.719. The highest BCUT2D eigenvalue weighted by molar-refractivity contribution is 6.21. The molecular formula is C15H21ClO. The van der Waals surface area contributed by atoms with Crippen LogP contribution < -0.4 is 0 Å². The third kappa shape index (κ3) is 3.23. The maximum absolute atomic E-state index is 6.56. The van der Waals surface area contributed by atoms with Crippen molar-refractivity contribution in [3.05, 3.63) is 35.4 Å². The normalized spacial score (nSPS) is 19.5. The van der Waals surface area contributed by atoms with Crippen LogP contribution in [0.2, 0.25) is 0 Å². The van der Waals surface area contributed by atoms with Crippen LogP contribution in [0.3, 0.4) is 0 Å². The fourth-order valence-corrected chi connectivity index (χ4v) is 2.74. The van der Waals surface area contributed by atoms with Crippen LogP contribution >= 0.6 is 11.6 Å². The minimum absolute atomic E-state index is 0.139. The maximum Gasteiger partial charge on any atom is 0.0615 e. The number of alkyl halides is 1. The van der Waals surface area contributed by atoms with Crippen molar-refractivity contribution in [2.45, 2.75) is 38.0 Å². The molecular weight excluding hydrogens is 232 g/mol. The fraction of sp³-hybridized carbons (Fsp3) is 0.600. The number of halogens is 1. The van der Waals surface area contributed by atoms with E-state index in [9.17, 15) is 0 Å². The van der Waals surface area contributed by atoms with Crippen LogP contribution in [0.1, 0.15) is 49.1 Å². The number of hydrogen-bond acceptors (Lipinski definition) is 1. The van der Waals surface area contributed by atoms with E-state index in [0.717, 1.165) is 26.1 Å². The first-order chi connectivity index (χ1) is 8.18. The summed E-state index contributed by atoms with van der Waals surface area (Å²) in [5.74, 6) is 1.15. The average molecular weight is 253 g/mol. The van der Waals surface area contributed by atoms with Gasteiger partial charge in [0.1, 0.15) is 0 Å². The van der Waals surface area contributed by atoms with Gasteiger partial charge in [0, 0.05) is 13.2 Å². The number of hydrogen-bond donors (Lipinski definition) is 0. The minimum Gasteiger partial charge on any atom is -0.381 e. The lowest BCUT2D eigenvalue weighted by atomic mass is 9.91. The summed E-state index contributed by atoms with van der Waals surface area (Å²) < 4.78 is 5.38. The third-order valence-electron chi connectivity index (χ3n) is 3.60. The minimum atomic E-state index is 0.139. The molecule has 1 aliphatic heterocycles. The molecule has 1 nitrogen and oxygen atoms in total. The molecule has 1 aromatic rings. The summed E-state index contributed by atoms with van der Waals surface area (Å²) in [5, 5.41) is 0.139. The lowest BCUT2D eigenvalue weighted by Crippen LogP contribution is -2.19. The Morgan fingerprint density at radius 2 is 1.59 bits per heavy atom. The molecule has 1 atom stereocenters. The molecule has 2 rings (SSSR count). The second kappa shape index (κ2) is 5.88. The summed E-state index contributed by atoms with van der Waals surface area (Å²) in [4.78, 5) is 0. The zero-order valence-electron chi connectivity index (χ0n) is 10.7. The van der Waals surface area contributed by atoms with E-state index >= 15 is 0 Å². The van der Waals surface area contributed by atoms with E-state index < -0.39 is 0 Å². The van der Waals surface area contributed by atoms with Crippen molar-refractivity contribution >= 4 is 11.6 Å². The third-order valence-corrected chi connectivity index (χ3v) is 4.21. The van der Waals surface area contributed by atoms with Gasteiger partial charge >= 0.3 is 0 Å². The zero-order valence-corrected chi connectivity index (χ0v) is 11.4. The molecule has 0 N–H and O–H groups in total. The highest BCUT2D eigenvalue weighted by Gasteiger charge is 2.23. The van der Waals surface area contributed by atoms with Crippen LogP contribution in [0, 0.1) is 5.92 Å². The van der Waals surface area contributed by atoms with Gasteiger partial charge in [0.25, 0.3) is 0 Å². The second-order valence-electron chi connectivity index (χ2n) is 5.17. The maximum atomic E-state index is 6.56. The first-order valence-electron chi connectivity index (χ1n) is 6.50. The predicted molar refractivity (Wildman–Crippen MR) is 72.7 cm³/mol. The molecule has 0 bridgehead atoms. The molecule has 0 spiro atoms. The Hall–Kier alpha value is -0.530. The van der Waals surface area contributed by atoms with Gasteiger partial charge < -0.3 is 4.74 Å². The molecule has 1 unspecified atom stereocenters. The van der Waals surface area contributed by atoms with Crippen LogP contribution in [-0.4, -0.2) is 13.2 Å². The van der Waals surface area contributed by atoms with E-state index in [-0.39, 0.29) is 5.38 Å². The average Bonchev–Trinajstić information content (AvgIpc) is 2.39. The standard InChI is InChI=1S/C15H21ClO/c1-11(2)12-3-5-13(6-4-12)15(16)14-7-9-17-10-8-14/h3-6,11,14-15H,7-10H2,1-2H3. The lowest BCUT2D eigenvalue weighted by Gasteiger charge is -2.26. The van der Waals surface area contributed by atoms with Crippen LogP contribution in [-0.2, 0) is 4.74 Å². The van der Waals surface area contributed by atoms with Crippen molar-refractivity contribution in [1.82, 2.24) is 0 Å². The van der Waals surface area contributed by atoms with Crippen molar-refractivity contribution in [2.24, 2.45) is 5.92 Å². The van der Waals surface area contributed by atoms with E-state index in [0.29, 0.717) is 11.8 Å².